The normalized spacial score (nSPS) is 12.3. The molecule has 6 heteroatoms. The Balaban J connectivity index is 2.54. The standard InChI is InChI=1S/C15H20N2O4/c1-2-12(8-9-18)11-16-15(19)7-6-13-4-3-5-14(10-13)17(20)21/h3-7,10,12,18H,2,8-9,11H2,1H3,(H,16,19)/b7-6+. The Bertz CT molecular complexity index is 514. The maximum Gasteiger partial charge on any atom is 0.270 e. The van der Waals surface area contributed by atoms with Crippen LogP contribution in [-0.4, -0.2) is 29.1 Å². The van der Waals surface area contributed by atoms with Gasteiger partial charge in [-0.1, -0.05) is 25.5 Å². The van der Waals surface area contributed by atoms with Crippen LogP contribution in [0.25, 0.3) is 6.08 Å². The van der Waals surface area contributed by atoms with Crippen molar-refractivity contribution in [1.82, 2.24) is 5.32 Å². The summed E-state index contributed by atoms with van der Waals surface area (Å²) >= 11 is 0. The van der Waals surface area contributed by atoms with Crippen molar-refractivity contribution in [2.24, 2.45) is 5.92 Å². The van der Waals surface area contributed by atoms with E-state index in [1.54, 1.807) is 12.1 Å². The number of hydrogen-bond donors (Lipinski definition) is 2. The van der Waals surface area contributed by atoms with E-state index in [-0.39, 0.29) is 24.1 Å². The number of nitro groups is 1. The lowest BCUT2D eigenvalue weighted by Crippen LogP contribution is -2.28. The summed E-state index contributed by atoms with van der Waals surface area (Å²) in [6, 6.07) is 6.07. The monoisotopic (exact) mass is 292 g/mol. The summed E-state index contributed by atoms with van der Waals surface area (Å²) in [6.45, 7) is 2.62. The lowest BCUT2D eigenvalue weighted by Gasteiger charge is -2.13. The lowest BCUT2D eigenvalue weighted by atomic mass is 10.0. The summed E-state index contributed by atoms with van der Waals surface area (Å²) in [7, 11) is 0. The van der Waals surface area contributed by atoms with Crippen LogP contribution in [0.4, 0.5) is 5.69 Å². The number of benzene rings is 1. The van der Waals surface area contributed by atoms with Crippen molar-refractivity contribution >= 4 is 17.7 Å². The van der Waals surface area contributed by atoms with Crippen LogP contribution in [0.1, 0.15) is 25.3 Å². The molecule has 0 spiro atoms. The highest BCUT2D eigenvalue weighted by Crippen LogP contribution is 2.14. The van der Waals surface area contributed by atoms with Crippen molar-refractivity contribution in [3.05, 3.63) is 46.0 Å². The van der Waals surface area contributed by atoms with Gasteiger partial charge in [0.15, 0.2) is 0 Å². The number of rotatable bonds is 8. The Hall–Kier alpha value is -2.21. The highest BCUT2D eigenvalue weighted by molar-refractivity contribution is 5.91. The fourth-order valence-corrected chi connectivity index (χ4v) is 1.85. The minimum absolute atomic E-state index is 0.00782. The van der Waals surface area contributed by atoms with Gasteiger partial charge in [-0.3, -0.25) is 14.9 Å². The summed E-state index contributed by atoms with van der Waals surface area (Å²) in [5.74, 6) is 0.00283. The molecule has 1 amide bonds. The van der Waals surface area contributed by atoms with Gasteiger partial charge in [-0.2, -0.15) is 0 Å². The predicted molar refractivity (Wildman–Crippen MR) is 80.6 cm³/mol. The zero-order chi connectivity index (χ0) is 15.7. The molecule has 0 radical (unpaired) electrons. The third-order valence-electron chi connectivity index (χ3n) is 3.19. The largest absolute Gasteiger partial charge is 0.396 e. The molecule has 114 valence electrons. The van der Waals surface area contributed by atoms with Crippen LogP contribution in [0.15, 0.2) is 30.3 Å². The number of nitro benzene ring substituents is 1. The number of amides is 1. The molecule has 21 heavy (non-hydrogen) atoms. The van der Waals surface area contributed by atoms with Crippen LogP contribution in [0.3, 0.4) is 0 Å². The Morgan fingerprint density at radius 1 is 1.52 bits per heavy atom. The zero-order valence-corrected chi connectivity index (χ0v) is 12.0. The van der Waals surface area contributed by atoms with E-state index in [0.717, 1.165) is 6.42 Å². The van der Waals surface area contributed by atoms with Crippen molar-refractivity contribution in [2.45, 2.75) is 19.8 Å². The molecule has 0 aliphatic rings. The number of nitrogens with zero attached hydrogens (tertiary/aromatic N) is 1. The van der Waals surface area contributed by atoms with Gasteiger partial charge in [0, 0.05) is 31.4 Å². The average molecular weight is 292 g/mol. The number of aliphatic hydroxyl groups excluding tert-OH is 1. The molecule has 0 saturated carbocycles. The van der Waals surface area contributed by atoms with E-state index in [1.165, 1.54) is 24.3 Å². The molecule has 1 aromatic carbocycles. The van der Waals surface area contributed by atoms with E-state index in [0.29, 0.717) is 18.5 Å². The first-order chi connectivity index (χ1) is 10.1. The van der Waals surface area contributed by atoms with Crippen molar-refractivity contribution in [1.29, 1.82) is 0 Å². The van der Waals surface area contributed by atoms with Crippen LogP contribution < -0.4 is 5.32 Å². The molecule has 6 nitrogen and oxygen atoms in total. The van der Waals surface area contributed by atoms with Gasteiger partial charge < -0.3 is 10.4 Å². The second-order valence-corrected chi connectivity index (χ2v) is 4.72. The molecule has 0 aromatic heterocycles. The molecule has 0 heterocycles. The molecule has 0 bridgehead atoms. The maximum absolute atomic E-state index is 11.7. The summed E-state index contributed by atoms with van der Waals surface area (Å²) in [5, 5.41) is 22.3. The van der Waals surface area contributed by atoms with Gasteiger partial charge in [-0.25, -0.2) is 0 Å². The topological polar surface area (TPSA) is 92.5 Å². The van der Waals surface area contributed by atoms with E-state index in [1.807, 2.05) is 6.92 Å². The van der Waals surface area contributed by atoms with Gasteiger partial charge in [0.25, 0.3) is 5.69 Å². The Kier molecular flexibility index (Phi) is 7.11. The third-order valence-corrected chi connectivity index (χ3v) is 3.19. The Labute approximate surface area is 123 Å². The number of carbonyl (C=O) groups is 1. The number of nitrogens with one attached hydrogen (secondary N) is 1. The fourth-order valence-electron chi connectivity index (χ4n) is 1.85. The number of carbonyl (C=O) groups excluding carboxylic acids is 1. The van der Waals surface area contributed by atoms with Crippen molar-refractivity contribution in [3.63, 3.8) is 0 Å². The minimum Gasteiger partial charge on any atom is -0.396 e. The van der Waals surface area contributed by atoms with Crippen LogP contribution in [0, 0.1) is 16.0 Å². The second kappa shape index (κ2) is 8.86. The van der Waals surface area contributed by atoms with E-state index in [4.69, 9.17) is 5.11 Å². The molecule has 1 unspecified atom stereocenters. The summed E-state index contributed by atoms with van der Waals surface area (Å²) in [6.07, 6.45) is 4.43. The van der Waals surface area contributed by atoms with Crippen LogP contribution >= 0.6 is 0 Å². The van der Waals surface area contributed by atoms with Gasteiger partial charge in [0.2, 0.25) is 5.91 Å². The number of aliphatic hydroxyl groups is 1. The zero-order valence-electron chi connectivity index (χ0n) is 12.0. The predicted octanol–water partition coefficient (Wildman–Crippen LogP) is 2.13. The molecule has 1 rings (SSSR count). The van der Waals surface area contributed by atoms with Gasteiger partial charge in [0.1, 0.15) is 0 Å². The molecule has 1 atom stereocenters. The van der Waals surface area contributed by atoms with Gasteiger partial charge in [0.05, 0.1) is 4.92 Å². The number of non-ortho nitro benzene ring substituents is 1. The average Bonchev–Trinajstić information content (AvgIpc) is 2.49. The van der Waals surface area contributed by atoms with Crippen LogP contribution in [0.5, 0.6) is 0 Å². The molecule has 2 N–H and O–H groups in total. The maximum atomic E-state index is 11.7. The molecule has 0 fully saturated rings. The first-order valence-electron chi connectivity index (χ1n) is 6.88. The highest BCUT2D eigenvalue weighted by Gasteiger charge is 2.07. The summed E-state index contributed by atoms with van der Waals surface area (Å²) in [4.78, 5) is 21.8. The lowest BCUT2D eigenvalue weighted by molar-refractivity contribution is -0.384. The smallest absolute Gasteiger partial charge is 0.270 e. The highest BCUT2D eigenvalue weighted by atomic mass is 16.6. The molecule has 0 saturated heterocycles. The summed E-state index contributed by atoms with van der Waals surface area (Å²) in [5.41, 5.74) is 0.591. The van der Waals surface area contributed by atoms with Gasteiger partial charge in [-0.05, 0) is 24.0 Å². The molecular formula is C15H20N2O4. The van der Waals surface area contributed by atoms with Crippen molar-refractivity contribution < 1.29 is 14.8 Å². The Morgan fingerprint density at radius 3 is 2.90 bits per heavy atom. The van der Waals surface area contributed by atoms with E-state index in [2.05, 4.69) is 5.32 Å². The van der Waals surface area contributed by atoms with E-state index >= 15 is 0 Å². The van der Waals surface area contributed by atoms with Crippen LogP contribution in [0.2, 0.25) is 0 Å². The van der Waals surface area contributed by atoms with Gasteiger partial charge >= 0.3 is 0 Å². The van der Waals surface area contributed by atoms with Crippen molar-refractivity contribution in [3.8, 4) is 0 Å². The minimum atomic E-state index is -0.474. The molecule has 1 aromatic rings. The van der Waals surface area contributed by atoms with E-state index < -0.39 is 4.92 Å². The molecular weight excluding hydrogens is 272 g/mol. The SMILES string of the molecule is CCC(CCO)CNC(=O)/C=C/c1cccc([N+](=O)[O-])c1. The van der Waals surface area contributed by atoms with E-state index in [9.17, 15) is 14.9 Å². The van der Waals surface area contributed by atoms with Crippen molar-refractivity contribution in [2.75, 3.05) is 13.2 Å². The molecule has 0 aliphatic heterocycles. The fraction of sp³-hybridized carbons (Fsp3) is 0.400. The number of hydrogen-bond acceptors (Lipinski definition) is 4. The van der Waals surface area contributed by atoms with Crippen LogP contribution in [-0.2, 0) is 4.79 Å². The Morgan fingerprint density at radius 2 is 2.29 bits per heavy atom. The second-order valence-electron chi connectivity index (χ2n) is 4.72. The quantitative estimate of drug-likeness (QED) is 0.436. The third kappa shape index (κ3) is 6.18. The van der Waals surface area contributed by atoms with Gasteiger partial charge in [-0.15, -0.1) is 0 Å². The first kappa shape index (κ1) is 16.8. The summed E-state index contributed by atoms with van der Waals surface area (Å²) < 4.78 is 0. The molecule has 0 aliphatic carbocycles. The first-order valence-corrected chi connectivity index (χ1v) is 6.88.